The number of nitrogens with one attached hydrogen (secondary N) is 6. The van der Waals surface area contributed by atoms with Gasteiger partial charge in [-0.1, -0.05) is 91.0 Å². The Labute approximate surface area is 460 Å². The number of aromatic nitrogens is 1. The summed E-state index contributed by atoms with van der Waals surface area (Å²) in [6.07, 6.45) is 1.93. The molecule has 6 amide bonds. The number of primary amides is 1. The van der Waals surface area contributed by atoms with Crippen LogP contribution in [0.2, 0.25) is 0 Å². The van der Waals surface area contributed by atoms with Crippen LogP contribution in [0.1, 0.15) is 67.9 Å². The van der Waals surface area contributed by atoms with Gasteiger partial charge in [0.15, 0.2) is 5.60 Å². The highest BCUT2D eigenvalue weighted by atomic mass is 32.2. The number of phenolic OH excluding ortho intramolecular Hbond substituents is 2. The molecule has 0 spiro atoms. The minimum Gasteiger partial charge on any atom is -0.508 e. The van der Waals surface area contributed by atoms with E-state index in [0.29, 0.717) is 33.6 Å². The van der Waals surface area contributed by atoms with Crippen molar-refractivity contribution in [1.82, 2.24) is 31.6 Å². The molecular formula is C56H63N7O14S2. The molecule has 2 heterocycles. The highest BCUT2D eigenvalue weighted by molar-refractivity contribution is 7.98. The van der Waals surface area contributed by atoms with Crippen LogP contribution < -0.4 is 32.3 Å². The minimum atomic E-state index is -3.95. The molecule has 0 aliphatic carbocycles. The molecule has 0 saturated carbocycles. The van der Waals surface area contributed by atoms with Crippen LogP contribution in [-0.2, 0) is 66.2 Å². The van der Waals surface area contributed by atoms with Gasteiger partial charge >= 0.3 is 12.1 Å². The van der Waals surface area contributed by atoms with Crippen molar-refractivity contribution in [3.8, 4) is 11.5 Å². The molecule has 418 valence electrons. The lowest BCUT2D eigenvalue weighted by Crippen LogP contribution is -2.59. The smallest absolute Gasteiger partial charge is 0.407 e. The van der Waals surface area contributed by atoms with E-state index in [0.717, 1.165) is 10.9 Å². The fraction of sp³-hybridized carbons (Fsp3) is 0.304. The summed E-state index contributed by atoms with van der Waals surface area (Å²) in [6.45, 7) is 5.03. The molecule has 21 nitrogen and oxygen atoms in total. The van der Waals surface area contributed by atoms with Crippen LogP contribution in [0, 0.1) is 0 Å². The van der Waals surface area contributed by atoms with Gasteiger partial charge in [0, 0.05) is 48.5 Å². The summed E-state index contributed by atoms with van der Waals surface area (Å²) >= 11 is 1.39. The highest BCUT2D eigenvalue weighted by Gasteiger charge is 2.51. The number of ether oxygens (including phenoxy) is 1. The predicted octanol–water partition coefficient (Wildman–Crippen LogP) is 4.63. The van der Waals surface area contributed by atoms with Gasteiger partial charge in [0.2, 0.25) is 29.5 Å². The molecule has 1 aliphatic rings. The van der Waals surface area contributed by atoms with E-state index in [1.165, 1.54) is 42.1 Å². The number of hydrogen-bond donors (Lipinski definition) is 10. The lowest BCUT2D eigenvalue weighted by molar-refractivity contribution is -0.141. The highest BCUT2D eigenvalue weighted by Crippen LogP contribution is 2.50. The molecule has 5 aromatic carbocycles. The van der Waals surface area contributed by atoms with Gasteiger partial charge in [-0.05, 0) is 97.9 Å². The van der Waals surface area contributed by atoms with Crippen molar-refractivity contribution < 1.29 is 66.2 Å². The number of hydrogen-bond acceptors (Lipinski definition) is 14. The van der Waals surface area contributed by atoms with Crippen LogP contribution in [-0.4, -0.2) is 119 Å². The zero-order valence-corrected chi connectivity index (χ0v) is 45.3. The van der Waals surface area contributed by atoms with Crippen LogP contribution in [0.15, 0.2) is 138 Å². The van der Waals surface area contributed by atoms with E-state index in [9.17, 15) is 57.3 Å². The van der Waals surface area contributed by atoms with Gasteiger partial charge in [-0.3, -0.25) is 28.8 Å². The number of phenols is 2. The van der Waals surface area contributed by atoms with Gasteiger partial charge in [-0.2, -0.15) is 20.2 Å². The molecule has 1 aromatic heterocycles. The Kier molecular flexibility index (Phi) is 20.3. The number of rotatable bonds is 22. The van der Waals surface area contributed by atoms with Gasteiger partial charge in [-0.25, -0.2) is 8.98 Å². The first-order valence-electron chi connectivity index (χ1n) is 24.9. The Hall–Kier alpha value is -8.41. The normalized spacial score (nSPS) is 14.6. The first kappa shape index (κ1) is 59.8. The van der Waals surface area contributed by atoms with E-state index >= 15 is 0 Å². The summed E-state index contributed by atoms with van der Waals surface area (Å²) in [7, 11) is -3.95. The molecule has 0 radical (unpaired) electrons. The number of carbonyl (C=O) groups is 7. The topological polar surface area (TPSA) is 335 Å². The molecule has 0 bridgehead atoms. The first-order valence-corrected chi connectivity index (χ1v) is 27.7. The van der Waals surface area contributed by atoms with Crippen LogP contribution >= 0.6 is 11.8 Å². The fourth-order valence-corrected chi connectivity index (χ4v) is 10.5. The van der Waals surface area contributed by atoms with Crippen molar-refractivity contribution >= 4 is 74.4 Å². The third-order valence-corrected chi connectivity index (χ3v) is 14.3. The average Bonchev–Trinajstić information content (AvgIpc) is 4.18. The SMILES string of the molecule is CSCCC(NC(=O)C(Cc1c[nH]c2ccccc12)NC(=O)CCNC(=O)OC(C)(C)C)C(=O)NC(CC(=O)O)C(=O)NC(Cc1ccccc1)C(N)=O.O=S1(=O)OC(c2ccc(O)cc2)(c2ccc(O)cc2)c2ccccc21. The van der Waals surface area contributed by atoms with Gasteiger partial charge in [0.1, 0.15) is 46.2 Å². The number of H-pyrrole nitrogens is 1. The number of carbonyl (C=O) groups excluding carboxylic acids is 6. The van der Waals surface area contributed by atoms with Crippen molar-refractivity contribution in [2.75, 3.05) is 18.6 Å². The molecule has 1 aliphatic heterocycles. The number of para-hydroxylation sites is 1. The van der Waals surface area contributed by atoms with E-state index in [2.05, 4.69) is 31.6 Å². The molecule has 4 unspecified atom stereocenters. The van der Waals surface area contributed by atoms with Crippen LogP contribution in [0.25, 0.3) is 10.9 Å². The van der Waals surface area contributed by atoms with Crippen molar-refractivity contribution in [3.05, 3.63) is 161 Å². The Bertz CT molecular complexity index is 3190. The zero-order valence-electron chi connectivity index (χ0n) is 43.7. The number of aromatic amines is 1. The second-order valence-corrected chi connectivity index (χ2v) is 21.8. The summed E-state index contributed by atoms with van der Waals surface area (Å²) < 4.78 is 36.1. The molecule has 6 aromatic rings. The van der Waals surface area contributed by atoms with Crippen molar-refractivity contribution in [3.63, 3.8) is 0 Å². The van der Waals surface area contributed by atoms with Crippen LogP contribution in [0.4, 0.5) is 4.79 Å². The van der Waals surface area contributed by atoms with Crippen molar-refractivity contribution in [2.24, 2.45) is 5.73 Å². The lowest BCUT2D eigenvalue weighted by Gasteiger charge is -2.29. The maximum atomic E-state index is 13.9. The van der Waals surface area contributed by atoms with Crippen molar-refractivity contribution in [1.29, 1.82) is 0 Å². The number of fused-ring (bicyclic) bond motifs is 2. The quantitative estimate of drug-likeness (QED) is 0.0415. The maximum absolute atomic E-state index is 13.9. The zero-order chi connectivity index (χ0) is 57.5. The fourth-order valence-electron chi connectivity index (χ4n) is 8.56. The standard InChI is InChI=1S/C37H49N7O9S.C19H14O5S/c1-37(2,3)53-36(52)39-16-14-30(45)41-28(19-23-21-40-25-13-9-8-12-24(23)25)34(50)42-26(15-17-54-4)33(49)44-29(20-31(46)47)35(51)43-27(32(38)48)18-22-10-6-5-7-11-22;20-15-9-5-13(6-10-15)19(14-7-11-16(21)12-8-14)17-3-1-2-4-18(17)25(22,23)24-19/h5-13,21,26-29,40H,14-20H2,1-4H3,(H2,38,48)(H,39,52)(H,41,45)(H,42,50)(H,43,51)(H,44,49)(H,46,47);1-12,20-21H. The minimum absolute atomic E-state index is 0.0257. The number of alkyl carbamates (subject to hydrolysis) is 1. The van der Waals surface area contributed by atoms with E-state index in [1.807, 2.05) is 24.3 Å². The summed E-state index contributed by atoms with van der Waals surface area (Å²) in [6, 6.07) is 29.9. The van der Waals surface area contributed by atoms with E-state index < -0.39 is 93.5 Å². The van der Waals surface area contributed by atoms with Gasteiger partial charge in [0.25, 0.3) is 10.1 Å². The molecule has 79 heavy (non-hydrogen) atoms. The molecule has 7 rings (SSSR count). The van der Waals surface area contributed by atoms with E-state index in [4.69, 9.17) is 14.7 Å². The van der Waals surface area contributed by atoms with Gasteiger partial charge in [-0.15, -0.1) is 0 Å². The van der Waals surface area contributed by atoms with Crippen LogP contribution in [0.3, 0.4) is 0 Å². The third-order valence-electron chi connectivity index (χ3n) is 12.3. The van der Waals surface area contributed by atoms with E-state index in [1.54, 1.807) is 106 Å². The molecule has 4 atom stereocenters. The maximum Gasteiger partial charge on any atom is 0.407 e. The number of carboxylic acids is 1. The number of benzene rings is 5. The Morgan fingerprint density at radius 3 is 1.87 bits per heavy atom. The first-order chi connectivity index (χ1) is 37.5. The second-order valence-electron chi connectivity index (χ2n) is 19.3. The number of aliphatic carboxylic acids is 1. The van der Waals surface area contributed by atoms with E-state index in [-0.39, 0.29) is 48.6 Å². The predicted molar refractivity (Wildman–Crippen MR) is 294 cm³/mol. The lowest BCUT2D eigenvalue weighted by atomic mass is 9.80. The number of aromatic hydroxyl groups is 2. The summed E-state index contributed by atoms with van der Waals surface area (Å²) in [4.78, 5) is 93.3. The number of thioether (sulfide) groups is 1. The number of nitrogens with two attached hydrogens (primary N) is 1. The van der Waals surface area contributed by atoms with Crippen molar-refractivity contribution in [2.45, 2.75) is 93.1 Å². The molecular weight excluding hydrogens is 1060 g/mol. The second kappa shape index (κ2) is 26.8. The molecule has 0 saturated heterocycles. The molecule has 0 fully saturated rings. The Balaban J connectivity index is 0.000000331. The summed E-state index contributed by atoms with van der Waals surface area (Å²) in [5.74, 6) is -4.81. The monoisotopic (exact) mass is 1120 g/mol. The van der Waals surface area contributed by atoms with Crippen LogP contribution in [0.5, 0.6) is 11.5 Å². The average molecular weight is 1120 g/mol. The summed E-state index contributed by atoms with van der Waals surface area (Å²) in [5.41, 5.74) is 7.24. The molecule has 23 heteroatoms. The molecule has 11 N–H and O–H groups in total. The number of carboxylic acid groups (broad SMARTS) is 1. The summed E-state index contributed by atoms with van der Waals surface area (Å²) in [5, 5.41) is 42.3. The largest absolute Gasteiger partial charge is 0.508 e. The van der Waals surface area contributed by atoms with Gasteiger partial charge in [0.05, 0.1) is 6.42 Å². The number of amides is 6. The Morgan fingerprint density at radius 1 is 0.709 bits per heavy atom. The third kappa shape index (κ3) is 16.3. The Morgan fingerprint density at radius 2 is 1.27 bits per heavy atom. The van der Waals surface area contributed by atoms with Gasteiger partial charge < -0.3 is 57.4 Å².